The van der Waals surface area contributed by atoms with Gasteiger partial charge in [0.2, 0.25) is 0 Å². The van der Waals surface area contributed by atoms with Crippen molar-refractivity contribution in [3.8, 4) is 0 Å². The van der Waals surface area contributed by atoms with Crippen LogP contribution in [0.3, 0.4) is 0 Å². The zero-order valence-corrected chi connectivity index (χ0v) is 17.6. The van der Waals surface area contributed by atoms with Gasteiger partial charge in [-0.25, -0.2) is 0 Å². The number of carbonyl (C=O) groups is 1. The summed E-state index contributed by atoms with van der Waals surface area (Å²) in [6, 6.07) is 12.5. The number of carbonyl (C=O) groups excluding carboxylic acids is 1. The molecule has 0 fully saturated rings. The van der Waals surface area contributed by atoms with Gasteiger partial charge >= 0.3 is 6.18 Å². The predicted molar refractivity (Wildman–Crippen MR) is 118 cm³/mol. The number of aryl methyl sites for hydroxylation is 1. The number of amides is 1. The number of nitrogens with one attached hydrogen (secondary N) is 1. The molecule has 0 aliphatic carbocycles. The number of anilines is 1. The number of fused-ring (bicyclic) bond motifs is 1. The number of pyridine rings is 1. The molecule has 31 heavy (non-hydrogen) atoms. The number of rotatable bonds is 9. The number of alkyl halides is 3. The largest absolute Gasteiger partial charge is 0.416 e. The molecule has 0 saturated heterocycles. The lowest BCUT2D eigenvalue weighted by atomic mass is 9.97. The molecule has 0 aliphatic rings. The van der Waals surface area contributed by atoms with E-state index in [1.165, 1.54) is 12.5 Å². The second-order valence-corrected chi connectivity index (χ2v) is 7.72. The van der Waals surface area contributed by atoms with Gasteiger partial charge in [-0.2, -0.15) is 13.2 Å². The third-order valence-electron chi connectivity index (χ3n) is 5.36. The van der Waals surface area contributed by atoms with Crippen molar-refractivity contribution in [3.05, 3.63) is 71.4 Å². The molecule has 164 valence electrons. The molecule has 6 heteroatoms. The van der Waals surface area contributed by atoms with Gasteiger partial charge < -0.3 is 5.32 Å². The number of para-hydroxylation sites is 1. The van der Waals surface area contributed by atoms with Crippen molar-refractivity contribution in [1.82, 2.24) is 4.98 Å². The van der Waals surface area contributed by atoms with Crippen LogP contribution in [0.1, 0.15) is 66.9 Å². The van der Waals surface area contributed by atoms with Crippen LogP contribution in [0.15, 0.2) is 54.7 Å². The summed E-state index contributed by atoms with van der Waals surface area (Å²) in [5, 5.41) is 3.61. The zero-order valence-electron chi connectivity index (χ0n) is 17.6. The van der Waals surface area contributed by atoms with Gasteiger partial charge in [0.15, 0.2) is 0 Å². The Morgan fingerprint density at radius 2 is 1.71 bits per heavy atom. The predicted octanol–water partition coefficient (Wildman–Crippen LogP) is 7.41. The van der Waals surface area contributed by atoms with Gasteiger partial charge in [0, 0.05) is 17.1 Å². The number of unbranched alkanes of at least 4 members (excludes halogenated alkanes) is 5. The highest BCUT2D eigenvalue weighted by Crippen LogP contribution is 2.31. The van der Waals surface area contributed by atoms with Gasteiger partial charge in [-0.3, -0.25) is 9.78 Å². The smallest absolute Gasteiger partial charge is 0.320 e. The van der Waals surface area contributed by atoms with E-state index < -0.39 is 17.6 Å². The number of benzene rings is 2. The average molecular weight is 428 g/mol. The van der Waals surface area contributed by atoms with Crippen molar-refractivity contribution in [3.63, 3.8) is 0 Å². The van der Waals surface area contributed by atoms with E-state index in [1.54, 1.807) is 24.4 Å². The molecule has 0 unspecified atom stereocenters. The third kappa shape index (κ3) is 6.06. The molecule has 0 radical (unpaired) electrons. The summed E-state index contributed by atoms with van der Waals surface area (Å²) >= 11 is 0. The highest BCUT2D eigenvalue weighted by atomic mass is 19.4. The van der Waals surface area contributed by atoms with Gasteiger partial charge in [0.1, 0.15) is 0 Å². The molecule has 0 bridgehead atoms. The summed E-state index contributed by atoms with van der Waals surface area (Å²) in [7, 11) is 0. The zero-order chi connectivity index (χ0) is 22.3. The number of hydrogen-bond acceptors (Lipinski definition) is 2. The molecule has 0 aliphatic heterocycles. The summed E-state index contributed by atoms with van der Waals surface area (Å²) in [4.78, 5) is 17.3. The first-order valence-corrected chi connectivity index (χ1v) is 10.8. The molecule has 0 spiro atoms. The van der Waals surface area contributed by atoms with Crippen LogP contribution in [-0.2, 0) is 12.6 Å². The maximum Gasteiger partial charge on any atom is 0.416 e. The van der Waals surface area contributed by atoms with Crippen molar-refractivity contribution in [2.24, 2.45) is 0 Å². The Bertz CT molecular complexity index is 1030. The Kier molecular flexibility index (Phi) is 7.66. The van der Waals surface area contributed by atoms with Gasteiger partial charge in [-0.15, -0.1) is 0 Å². The standard InChI is InChI=1S/C25H27F3N2O/c1-2-3-4-5-6-7-10-18-14-15-20(25(26,27)28)17-21(18)24(31)30-22-13-8-11-19-12-9-16-29-23(19)22/h8-9,11-17H,2-7,10H2,1H3,(H,30,31). The first-order valence-electron chi connectivity index (χ1n) is 10.8. The molecule has 1 heterocycles. The summed E-state index contributed by atoms with van der Waals surface area (Å²) in [5.41, 5.74) is 0.958. The molecular formula is C25H27F3N2O. The fourth-order valence-corrected chi connectivity index (χ4v) is 3.67. The first kappa shape index (κ1) is 22.8. The minimum absolute atomic E-state index is 0.0660. The molecular weight excluding hydrogens is 401 g/mol. The van der Waals surface area contributed by atoms with Crippen molar-refractivity contribution < 1.29 is 18.0 Å². The van der Waals surface area contributed by atoms with E-state index >= 15 is 0 Å². The van der Waals surface area contributed by atoms with Crippen LogP contribution in [0.25, 0.3) is 10.9 Å². The van der Waals surface area contributed by atoms with E-state index in [1.807, 2.05) is 12.1 Å². The van der Waals surface area contributed by atoms with Crippen LogP contribution in [0, 0.1) is 0 Å². The molecule has 1 aromatic heterocycles. The Morgan fingerprint density at radius 1 is 0.968 bits per heavy atom. The van der Waals surface area contributed by atoms with E-state index in [-0.39, 0.29) is 5.56 Å². The molecule has 0 atom stereocenters. The second kappa shape index (κ2) is 10.4. The Morgan fingerprint density at radius 3 is 2.48 bits per heavy atom. The molecule has 3 rings (SSSR count). The summed E-state index contributed by atoms with van der Waals surface area (Å²) < 4.78 is 39.8. The van der Waals surface area contributed by atoms with Gasteiger partial charge in [-0.05, 0) is 42.7 Å². The maximum atomic E-state index is 13.3. The topological polar surface area (TPSA) is 42.0 Å². The lowest BCUT2D eigenvalue weighted by Crippen LogP contribution is -2.17. The minimum atomic E-state index is -4.51. The monoisotopic (exact) mass is 428 g/mol. The van der Waals surface area contributed by atoms with Crippen molar-refractivity contribution >= 4 is 22.5 Å². The Hall–Kier alpha value is -2.89. The quantitative estimate of drug-likeness (QED) is 0.361. The molecule has 1 N–H and O–H groups in total. The molecule has 0 saturated carbocycles. The average Bonchev–Trinajstić information content (AvgIpc) is 2.75. The second-order valence-electron chi connectivity index (χ2n) is 7.72. The first-order chi connectivity index (χ1) is 14.9. The van der Waals surface area contributed by atoms with Gasteiger partial charge in [0.25, 0.3) is 5.91 Å². The van der Waals surface area contributed by atoms with Crippen molar-refractivity contribution in [1.29, 1.82) is 0 Å². The van der Waals surface area contributed by atoms with Gasteiger partial charge in [-0.1, -0.05) is 63.3 Å². The van der Waals surface area contributed by atoms with Crippen LogP contribution in [0.2, 0.25) is 0 Å². The minimum Gasteiger partial charge on any atom is -0.320 e. The number of aromatic nitrogens is 1. The van der Waals surface area contributed by atoms with Crippen molar-refractivity contribution in [2.75, 3.05) is 5.32 Å². The van der Waals surface area contributed by atoms with E-state index in [0.29, 0.717) is 23.2 Å². The SMILES string of the molecule is CCCCCCCCc1ccc(C(F)(F)F)cc1C(=O)Nc1cccc2cccnc12. The van der Waals surface area contributed by atoms with E-state index in [4.69, 9.17) is 0 Å². The van der Waals surface area contributed by atoms with Crippen LogP contribution >= 0.6 is 0 Å². The highest BCUT2D eigenvalue weighted by Gasteiger charge is 2.31. The van der Waals surface area contributed by atoms with Gasteiger partial charge in [0.05, 0.1) is 16.8 Å². The highest BCUT2D eigenvalue weighted by molar-refractivity contribution is 6.09. The van der Waals surface area contributed by atoms with Crippen LogP contribution in [0.4, 0.5) is 18.9 Å². The molecule has 3 nitrogen and oxygen atoms in total. The lowest BCUT2D eigenvalue weighted by molar-refractivity contribution is -0.137. The number of nitrogens with zero attached hydrogens (tertiary/aromatic N) is 1. The van der Waals surface area contributed by atoms with Crippen LogP contribution in [-0.4, -0.2) is 10.9 Å². The van der Waals surface area contributed by atoms with Crippen LogP contribution in [0.5, 0.6) is 0 Å². The summed E-state index contributed by atoms with van der Waals surface area (Å²) in [6.07, 6.45) is 4.12. The Balaban J connectivity index is 1.83. The summed E-state index contributed by atoms with van der Waals surface area (Å²) in [6.45, 7) is 2.15. The van der Waals surface area contributed by atoms with E-state index in [0.717, 1.165) is 49.6 Å². The molecule has 2 aromatic carbocycles. The fraction of sp³-hybridized carbons (Fsp3) is 0.360. The summed E-state index contributed by atoms with van der Waals surface area (Å²) in [5.74, 6) is -0.551. The van der Waals surface area contributed by atoms with Crippen molar-refractivity contribution in [2.45, 2.75) is 58.0 Å². The molecule has 3 aromatic rings. The normalized spacial score (nSPS) is 11.6. The fourth-order valence-electron chi connectivity index (χ4n) is 3.67. The lowest BCUT2D eigenvalue weighted by Gasteiger charge is -2.14. The molecule has 1 amide bonds. The maximum absolute atomic E-state index is 13.3. The third-order valence-corrected chi connectivity index (χ3v) is 5.36. The Labute approximate surface area is 180 Å². The van der Waals surface area contributed by atoms with E-state index in [9.17, 15) is 18.0 Å². The number of hydrogen-bond donors (Lipinski definition) is 1. The number of halogens is 3. The van der Waals surface area contributed by atoms with E-state index in [2.05, 4.69) is 17.2 Å². The van der Waals surface area contributed by atoms with Crippen LogP contribution < -0.4 is 5.32 Å².